The molecular weight excluding hydrogens is 240 g/mol. The molecule has 96 valence electrons. The average molecular weight is 254 g/mol. The molecule has 0 N–H and O–H groups in total. The summed E-state index contributed by atoms with van der Waals surface area (Å²) in [6.45, 7) is 1.54. The standard InChI is InChI=1S/C15H14N2O2/c1-11(18)12-3-5-13(6-4-12)16-17-14-7-9-15(19-2)10-8-14/h3-10H,1-2H3. The second kappa shape index (κ2) is 5.91. The summed E-state index contributed by atoms with van der Waals surface area (Å²) < 4.78 is 5.06. The van der Waals surface area contributed by atoms with Crippen LogP contribution in [0.5, 0.6) is 5.75 Å². The fourth-order valence-corrected chi connectivity index (χ4v) is 1.53. The summed E-state index contributed by atoms with van der Waals surface area (Å²) in [5.41, 5.74) is 2.13. The third-order valence-corrected chi connectivity index (χ3v) is 2.63. The zero-order chi connectivity index (χ0) is 13.7. The number of ketones is 1. The van der Waals surface area contributed by atoms with Crippen molar-refractivity contribution >= 4 is 17.2 Å². The summed E-state index contributed by atoms with van der Waals surface area (Å²) >= 11 is 0. The van der Waals surface area contributed by atoms with Gasteiger partial charge < -0.3 is 4.74 Å². The molecule has 0 fully saturated rings. The summed E-state index contributed by atoms with van der Waals surface area (Å²) in [5, 5.41) is 8.22. The van der Waals surface area contributed by atoms with Crippen molar-refractivity contribution in [2.24, 2.45) is 10.2 Å². The SMILES string of the molecule is COc1ccc(N=Nc2ccc(C(C)=O)cc2)cc1. The summed E-state index contributed by atoms with van der Waals surface area (Å²) in [6, 6.07) is 14.3. The number of azo groups is 1. The van der Waals surface area contributed by atoms with Gasteiger partial charge in [-0.2, -0.15) is 10.2 Å². The summed E-state index contributed by atoms with van der Waals surface area (Å²) in [5.74, 6) is 0.823. The number of carbonyl (C=O) groups is 1. The van der Waals surface area contributed by atoms with E-state index in [9.17, 15) is 4.79 Å². The summed E-state index contributed by atoms with van der Waals surface area (Å²) in [4.78, 5) is 11.1. The monoisotopic (exact) mass is 254 g/mol. The first-order valence-corrected chi connectivity index (χ1v) is 5.86. The lowest BCUT2D eigenvalue weighted by Crippen LogP contribution is -1.89. The molecule has 2 aromatic carbocycles. The maximum absolute atomic E-state index is 11.1. The van der Waals surface area contributed by atoms with Gasteiger partial charge >= 0.3 is 0 Å². The van der Waals surface area contributed by atoms with Crippen molar-refractivity contribution in [1.29, 1.82) is 0 Å². The molecule has 4 heteroatoms. The van der Waals surface area contributed by atoms with Gasteiger partial charge in [-0.25, -0.2) is 0 Å². The van der Waals surface area contributed by atoms with E-state index in [1.807, 2.05) is 24.3 Å². The molecule has 0 aliphatic heterocycles. The lowest BCUT2D eigenvalue weighted by Gasteiger charge is -1.98. The quantitative estimate of drug-likeness (QED) is 0.602. The van der Waals surface area contributed by atoms with Crippen LogP contribution in [0.15, 0.2) is 58.8 Å². The Hall–Kier alpha value is -2.49. The van der Waals surface area contributed by atoms with Gasteiger partial charge in [0.2, 0.25) is 0 Å². The molecule has 19 heavy (non-hydrogen) atoms. The number of hydrogen-bond acceptors (Lipinski definition) is 4. The van der Waals surface area contributed by atoms with Crippen LogP contribution in [-0.2, 0) is 0 Å². The Morgan fingerprint density at radius 3 is 1.79 bits per heavy atom. The van der Waals surface area contributed by atoms with E-state index >= 15 is 0 Å². The van der Waals surface area contributed by atoms with Gasteiger partial charge in [-0.15, -0.1) is 0 Å². The first kappa shape index (κ1) is 13.0. The molecule has 0 heterocycles. The Labute approximate surface area is 111 Å². The molecule has 2 aromatic rings. The van der Waals surface area contributed by atoms with Crippen LogP contribution in [0.4, 0.5) is 11.4 Å². The topological polar surface area (TPSA) is 51.0 Å². The van der Waals surface area contributed by atoms with E-state index < -0.39 is 0 Å². The lowest BCUT2D eigenvalue weighted by molar-refractivity contribution is 0.101. The first-order chi connectivity index (χ1) is 9.19. The minimum atomic E-state index is 0.0404. The van der Waals surface area contributed by atoms with Crippen LogP contribution in [-0.4, -0.2) is 12.9 Å². The largest absolute Gasteiger partial charge is 0.497 e. The molecule has 0 saturated carbocycles. The minimum absolute atomic E-state index is 0.0404. The number of methoxy groups -OCH3 is 1. The highest BCUT2D eigenvalue weighted by atomic mass is 16.5. The Morgan fingerprint density at radius 2 is 1.37 bits per heavy atom. The number of benzene rings is 2. The average Bonchev–Trinajstić information content (AvgIpc) is 2.46. The Bertz CT molecular complexity index is 587. The van der Waals surface area contributed by atoms with Crippen molar-refractivity contribution in [3.05, 3.63) is 54.1 Å². The van der Waals surface area contributed by atoms with Gasteiger partial charge in [-0.1, -0.05) is 0 Å². The molecule has 2 rings (SSSR count). The van der Waals surface area contributed by atoms with Crippen LogP contribution >= 0.6 is 0 Å². The molecule has 0 aliphatic rings. The summed E-state index contributed by atoms with van der Waals surface area (Å²) in [7, 11) is 1.62. The van der Waals surface area contributed by atoms with E-state index in [0.717, 1.165) is 11.4 Å². The van der Waals surface area contributed by atoms with Crippen LogP contribution in [0.3, 0.4) is 0 Å². The molecule has 0 saturated heterocycles. The highest BCUT2D eigenvalue weighted by Gasteiger charge is 1.98. The van der Waals surface area contributed by atoms with E-state index in [1.165, 1.54) is 6.92 Å². The van der Waals surface area contributed by atoms with Crippen molar-refractivity contribution in [2.75, 3.05) is 7.11 Å². The zero-order valence-corrected chi connectivity index (χ0v) is 10.8. The van der Waals surface area contributed by atoms with Gasteiger partial charge in [-0.05, 0) is 55.5 Å². The van der Waals surface area contributed by atoms with Gasteiger partial charge in [0.25, 0.3) is 0 Å². The maximum Gasteiger partial charge on any atom is 0.159 e. The van der Waals surface area contributed by atoms with Gasteiger partial charge in [0.05, 0.1) is 18.5 Å². The fourth-order valence-electron chi connectivity index (χ4n) is 1.53. The van der Waals surface area contributed by atoms with E-state index in [-0.39, 0.29) is 5.78 Å². The number of ether oxygens (including phenoxy) is 1. The number of hydrogen-bond donors (Lipinski definition) is 0. The zero-order valence-electron chi connectivity index (χ0n) is 10.8. The van der Waals surface area contributed by atoms with Gasteiger partial charge in [-0.3, -0.25) is 4.79 Å². The molecule has 0 unspecified atom stereocenters. The van der Waals surface area contributed by atoms with Crippen molar-refractivity contribution in [1.82, 2.24) is 0 Å². The molecule has 0 aromatic heterocycles. The maximum atomic E-state index is 11.1. The third-order valence-electron chi connectivity index (χ3n) is 2.63. The van der Waals surface area contributed by atoms with Crippen LogP contribution < -0.4 is 4.74 Å². The molecule has 0 spiro atoms. The predicted octanol–water partition coefficient (Wildman–Crippen LogP) is 4.31. The van der Waals surface area contributed by atoms with E-state index in [2.05, 4.69) is 10.2 Å². The number of rotatable bonds is 4. The highest BCUT2D eigenvalue weighted by Crippen LogP contribution is 2.21. The second-order valence-corrected chi connectivity index (χ2v) is 4.00. The number of Topliss-reactive ketones (excluding diaryl/α,β-unsaturated/α-hetero) is 1. The lowest BCUT2D eigenvalue weighted by atomic mass is 10.1. The third kappa shape index (κ3) is 3.48. The van der Waals surface area contributed by atoms with Crippen LogP contribution in [0, 0.1) is 0 Å². The van der Waals surface area contributed by atoms with Crippen molar-refractivity contribution in [2.45, 2.75) is 6.92 Å². The van der Waals surface area contributed by atoms with Gasteiger partial charge in [0.15, 0.2) is 5.78 Å². The van der Waals surface area contributed by atoms with Crippen molar-refractivity contribution in [3.8, 4) is 5.75 Å². The molecule has 0 bridgehead atoms. The fraction of sp³-hybridized carbons (Fsp3) is 0.133. The molecule has 0 aliphatic carbocycles. The Balaban J connectivity index is 2.10. The first-order valence-electron chi connectivity index (χ1n) is 5.86. The molecule has 0 radical (unpaired) electrons. The molecule has 0 amide bonds. The summed E-state index contributed by atoms with van der Waals surface area (Å²) in [6.07, 6.45) is 0. The number of nitrogens with zero attached hydrogens (tertiary/aromatic N) is 2. The van der Waals surface area contributed by atoms with Crippen molar-refractivity contribution in [3.63, 3.8) is 0 Å². The second-order valence-electron chi connectivity index (χ2n) is 4.00. The molecular formula is C15H14N2O2. The van der Waals surface area contributed by atoms with Crippen molar-refractivity contribution < 1.29 is 9.53 Å². The van der Waals surface area contributed by atoms with E-state index in [4.69, 9.17) is 4.74 Å². The molecule has 0 atom stereocenters. The van der Waals surface area contributed by atoms with Crippen LogP contribution in [0.2, 0.25) is 0 Å². The van der Waals surface area contributed by atoms with Gasteiger partial charge in [0.1, 0.15) is 5.75 Å². The van der Waals surface area contributed by atoms with E-state index in [0.29, 0.717) is 11.3 Å². The van der Waals surface area contributed by atoms with E-state index in [1.54, 1.807) is 31.4 Å². The highest BCUT2D eigenvalue weighted by molar-refractivity contribution is 5.94. The normalized spacial score (nSPS) is 10.6. The Morgan fingerprint density at radius 1 is 0.895 bits per heavy atom. The number of carbonyl (C=O) groups excluding carboxylic acids is 1. The smallest absolute Gasteiger partial charge is 0.159 e. The predicted molar refractivity (Wildman–Crippen MR) is 73.6 cm³/mol. The van der Waals surface area contributed by atoms with Crippen LogP contribution in [0.1, 0.15) is 17.3 Å². The van der Waals surface area contributed by atoms with Gasteiger partial charge in [0, 0.05) is 5.56 Å². The minimum Gasteiger partial charge on any atom is -0.497 e. The molecule has 4 nitrogen and oxygen atoms in total. The van der Waals surface area contributed by atoms with Crippen LogP contribution in [0.25, 0.3) is 0 Å². The Kier molecular flexibility index (Phi) is 4.03.